The Bertz CT molecular complexity index is 637. The van der Waals surface area contributed by atoms with Crippen LogP contribution in [0.25, 0.3) is 0 Å². The Morgan fingerprint density at radius 1 is 0.864 bits per heavy atom. The number of nitrogens with zero attached hydrogens (tertiary/aromatic N) is 3. The minimum atomic E-state index is 0. The largest absolute Gasteiger partial charge is 0.382 e. The Balaban J connectivity index is 0.00000220. The summed E-state index contributed by atoms with van der Waals surface area (Å²) in [5.74, 6) is 1.62. The topological polar surface area (TPSA) is 29.0 Å². The van der Waals surface area contributed by atoms with Gasteiger partial charge in [0, 0.05) is 57.1 Å². The molecule has 22 heavy (non-hydrogen) atoms. The van der Waals surface area contributed by atoms with Crippen LogP contribution >= 0.6 is 0 Å². The first kappa shape index (κ1) is 21.2. The summed E-state index contributed by atoms with van der Waals surface area (Å²) < 4.78 is 0. The van der Waals surface area contributed by atoms with E-state index in [4.69, 9.17) is 0 Å². The fourth-order valence-corrected chi connectivity index (χ4v) is 2.68. The number of aromatic nitrogens is 2. The van der Waals surface area contributed by atoms with Crippen LogP contribution in [-0.4, -0.2) is 17.0 Å². The minimum Gasteiger partial charge on any atom is -0.382 e. The summed E-state index contributed by atoms with van der Waals surface area (Å²) in [6.07, 6.45) is 2.91. The van der Waals surface area contributed by atoms with Crippen LogP contribution in [0.3, 0.4) is 0 Å². The molecule has 0 aliphatic heterocycles. The van der Waals surface area contributed by atoms with Gasteiger partial charge in [0.25, 0.3) is 0 Å². The molecule has 0 fully saturated rings. The van der Waals surface area contributed by atoms with Crippen LogP contribution in [0.4, 0.5) is 11.5 Å². The first-order valence-corrected chi connectivity index (χ1v) is 6.87. The van der Waals surface area contributed by atoms with Gasteiger partial charge in [-0.15, -0.1) is 6.07 Å². The molecule has 0 saturated heterocycles. The van der Waals surface area contributed by atoms with E-state index < -0.39 is 0 Å². The van der Waals surface area contributed by atoms with E-state index in [9.17, 15) is 0 Å². The molecule has 0 spiro atoms. The van der Waals surface area contributed by atoms with E-state index in [0.717, 1.165) is 11.6 Å². The van der Waals surface area contributed by atoms with Crippen LogP contribution in [0.2, 0.25) is 0 Å². The van der Waals surface area contributed by atoms with Crippen molar-refractivity contribution in [3.63, 3.8) is 0 Å². The zero-order valence-corrected chi connectivity index (χ0v) is 16.8. The van der Waals surface area contributed by atoms with Crippen LogP contribution in [0.15, 0.2) is 6.07 Å². The number of rotatable bonds is 2. The molecule has 1 aromatic carbocycles. The molecule has 0 saturated carbocycles. The fraction of sp³-hybridized carbons (Fsp3) is 0.444. The molecule has 2 aromatic rings. The maximum atomic E-state index is 4.50. The molecule has 3 nitrogen and oxygen atoms in total. The zero-order valence-electron chi connectivity index (χ0n) is 14.0. The van der Waals surface area contributed by atoms with Gasteiger partial charge in [-0.25, -0.2) is 0 Å². The van der Waals surface area contributed by atoms with Gasteiger partial charge in [-0.1, -0.05) is 20.5 Å². The van der Waals surface area contributed by atoms with Crippen molar-refractivity contribution in [3.05, 3.63) is 45.9 Å². The van der Waals surface area contributed by atoms with E-state index in [1.165, 1.54) is 33.5 Å². The Labute approximate surface area is 160 Å². The van der Waals surface area contributed by atoms with Crippen LogP contribution in [0.5, 0.6) is 0 Å². The molecule has 0 bridgehead atoms. The van der Waals surface area contributed by atoms with E-state index in [0.29, 0.717) is 0 Å². The van der Waals surface area contributed by atoms with Gasteiger partial charge in [0.15, 0.2) is 0 Å². The summed E-state index contributed by atoms with van der Waals surface area (Å²) >= 11 is 0. The number of benzene rings is 1. The van der Waals surface area contributed by atoms with Gasteiger partial charge in [-0.2, -0.15) is 0 Å². The smallest absolute Gasteiger partial charge is 0.0374 e. The predicted molar refractivity (Wildman–Crippen MR) is 90.5 cm³/mol. The molecule has 1 aromatic heterocycles. The van der Waals surface area contributed by atoms with Crippen molar-refractivity contribution in [1.29, 1.82) is 0 Å². The van der Waals surface area contributed by atoms with E-state index in [2.05, 4.69) is 62.7 Å². The first-order valence-electron chi connectivity index (χ1n) is 6.87. The molecule has 0 aliphatic carbocycles. The summed E-state index contributed by atoms with van der Waals surface area (Å²) in [6, 6.07) is 1.83. The average molecular weight is 373 g/mol. The number of hydrogen-bond acceptors (Lipinski definition) is 3. The van der Waals surface area contributed by atoms with Crippen LogP contribution in [0.1, 0.15) is 41.1 Å². The number of hydrogen-bond donors (Lipinski definition) is 0. The van der Waals surface area contributed by atoms with Gasteiger partial charge in [0.05, 0.1) is 0 Å². The normalized spacial score (nSPS) is 9.77. The Morgan fingerprint density at radius 2 is 1.32 bits per heavy atom. The quantitative estimate of drug-likeness (QED) is 0.725. The molecule has 4 heteroatoms. The van der Waals surface area contributed by atoms with Crippen molar-refractivity contribution >= 4 is 11.5 Å². The third kappa shape index (κ3) is 3.75. The minimum absolute atomic E-state index is 0. The molecule has 0 atom stereocenters. The maximum Gasteiger partial charge on any atom is 0.0374 e. The molecule has 0 unspecified atom stereocenters. The Morgan fingerprint density at radius 3 is 1.77 bits per heavy atom. The van der Waals surface area contributed by atoms with Crippen LogP contribution in [0, 0.1) is 47.7 Å². The molecular formula is C18H26N3Y-. The Hall–Kier alpha value is -0.796. The second-order valence-electron chi connectivity index (χ2n) is 5.44. The maximum absolute atomic E-state index is 4.50. The zero-order chi connectivity index (χ0) is 15.0. The molecule has 1 radical (unpaired) electrons. The predicted octanol–water partition coefficient (Wildman–Crippen LogP) is 4.53. The van der Waals surface area contributed by atoms with Gasteiger partial charge < -0.3 is 14.9 Å². The number of aryl methyl sites for hydroxylation is 1. The van der Waals surface area contributed by atoms with Gasteiger partial charge in [0.2, 0.25) is 0 Å². The van der Waals surface area contributed by atoms with E-state index in [1.807, 2.05) is 13.0 Å². The van der Waals surface area contributed by atoms with Crippen molar-refractivity contribution in [3.8, 4) is 0 Å². The van der Waals surface area contributed by atoms with Crippen molar-refractivity contribution in [2.75, 3.05) is 11.9 Å². The summed E-state index contributed by atoms with van der Waals surface area (Å²) in [7, 11) is 2.05. The van der Waals surface area contributed by atoms with E-state index >= 15 is 0 Å². The van der Waals surface area contributed by atoms with Crippen molar-refractivity contribution < 1.29 is 32.7 Å². The van der Waals surface area contributed by atoms with Crippen LogP contribution in [-0.2, 0) is 32.7 Å². The second kappa shape index (κ2) is 8.17. The summed E-state index contributed by atoms with van der Waals surface area (Å²) in [4.78, 5) is 10.7. The van der Waals surface area contributed by atoms with E-state index in [1.54, 1.807) is 0 Å². The van der Waals surface area contributed by atoms with Crippen molar-refractivity contribution in [2.24, 2.45) is 0 Å². The third-order valence-corrected chi connectivity index (χ3v) is 4.34. The second-order valence-corrected chi connectivity index (χ2v) is 5.44. The molecule has 0 aliphatic rings. The van der Waals surface area contributed by atoms with Crippen molar-refractivity contribution in [2.45, 2.75) is 49.0 Å². The molecule has 0 N–H and O–H groups in total. The average Bonchev–Trinajstić information content (AvgIpc) is 2.43. The van der Waals surface area contributed by atoms with Gasteiger partial charge in [0.1, 0.15) is 0 Å². The molecule has 1 heterocycles. The van der Waals surface area contributed by atoms with Gasteiger partial charge in [-0.3, -0.25) is 0 Å². The first-order chi connectivity index (χ1) is 9.34. The summed E-state index contributed by atoms with van der Waals surface area (Å²) in [5, 5.41) is 0. The summed E-state index contributed by atoms with van der Waals surface area (Å²) in [6.45, 7) is 12.8. The van der Waals surface area contributed by atoms with Crippen molar-refractivity contribution in [1.82, 2.24) is 9.97 Å². The molecule has 0 amide bonds. The van der Waals surface area contributed by atoms with Gasteiger partial charge in [-0.05, 0) is 62.4 Å². The van der Waals surface area contributed by atoms with E-state index in [-0.39, 0.29) is 40.1 Å². The Kier molecular flexibility index (Phi) is 7.87. The van der Waals surface area contributed by atoms with Crippen LogP contribution < -0.4 is 4.90 Å². The summed E-state index contributed by atoms with van der Waals surface area (Å²) in [5.41, 5.74) is 7.93. The fourth-order valence-electron chi connectivity index (χ4n) is 2.68. The third-order valence-electron chi connectivity index (χ3n) is 4.34. The molecular weight excluding hydrogens is 347 g/mol. The number of anilines is 2. The molecule has 2 rings (SSSR count). The SMILES string of the molecule is C.Cc1n[c-]cc(N(C)c2c(C)c(C)c(C)c(C)c2C)n1.[Y]. The van der Waals surface area contributed by atoms with Gasteiger partial charge >= 0.3 is 0 Å². The monoisotopic (exact) mass is 373 g/mol. The standard InChI is InChI=1S/C17H22N3.CH4.Y/c1-10-11(2)13(4)17(14(5)12(10)3)20(7)16-8-9-18-15(6)19-16;;/h8H,1-7H3;1H4;/q-1;;. The molecule has 117 valence electrons.